The first-order chi connectivity index (χ1) is 12.2. The first kappa shape index (κ1) is 16.5. The molecule has 2 aliphatic rings. The first-order valence-corrected chi connectivity index (χ1v) is 8.90. The van der Waals surface area contributed by atoms with Crippen LogP contribution in [0.3, 0.4) is 0 Å². The zero-order valence-corrected chi connectivity index (χ0v) is 14.4. The van der Waals surface area contributed by atoms with Gasteiger partial charge in [0.1, 0.15) is 0 Å². The van der Waals surface area contributed by atoms with E-state index in [9.17, 15) is 4.79 Å². The van der Waals surface area contributed by atoms with E-state index in [2.05, 4.69) is 17.0 Å². The van der Waals surface area contributed by atoms with Gasteiger partial charge in [-0.05, 0) is 41.5 Å². The predicted molar refractivity (Wildman–Crippen MR) is 97.5 cm³/mol. The van der Waals surface area contributed by atoms with E-state index in [1.165, 1.54) is 0 Å². The van der Waals surface area contributed by atoms with Crippen molar-refractivity contribution in [2.45, 2.75) is 6.42 Å². The van der Waals surface area contributed by atoms with Crippen LogP contribution in [0.4, 0.5) is 0 Å². The summed E-state index contributed by atoms with van der Waals surface area (Å²) >= 11 is 5.93. The molecule has 0 aromatic heterocycles. The van der Waals surface area contributed by atoms with E-state index in [-0.39, 0.29) is 30.1 Å². The highest BCUT2D eigenvalue weighted by molar-refractivity contribution is 6.30. The fraction of sp³-hybridized carbons (Fsp3) is 0.286. The number of ketones is 1. The van der Waals surface area contributed by atoms with Gasteiger partial charge in [0.25, 0.3) is 0 Å². The van der Waals surface area contributed by atoms with E-state index < -0.39 is 0 Å². The Morgan fingerprint density at radius 2 is 1.60 bits per heavy atom. The van der Waals surface area contributed by atoms with Crippen molar-refractivity contribution >= 4 is 17.4 Å². The second-order valence-electron chi connectivity index (χ2n) is 6.88. The Morgan fingerprint density at radius 3 is 2.24 bits per heavy atom. The molecule has 128 valence electrons. The molecule has 0 aliphatic heterocycles. The van der Waals surface area contributed by atoms with Crippen LogP contribution in [-0.4, -0.2) is 17.6 Å². The smallest absolute Gasteiger partial charge is 0.166 e. The normalized spacial score (nSPS) is 27.0. The molecule has 0 spiro atoms. The lowest BCUT2D eigenvalue weighted by Gasteiger charge is -2.25. The molecular weight excluding hydrogens is 336 g/mol. The lowest BCUT2D eigenvalue weighted by atomic mass is 9.78. The molecule has 0 heterocycles. The summed E-state index contributed by atoms with van der Waals surface area (Å²) < 4.78 is 0. The van der Waals surface area contributed by atoms with Crippen molar-refractivity contribution in [3.8, 4) is 11.1 Å². The number of hydrogen-bond acceptors (Lipinski definition) is 3. The van der Waals surface area contributed by atoms with Crippen LogP contribution < -0.4 is 0 Å². The molecule has 0 radical (unpaired) electrons. The molecule has 4 unspecified atom stereocenters. The van der Waals surface area contributed by atoms with Crippen LogP contribution in [0.5, 0.6) is 0 Å². The molecule has 2 aliphatic carbocycles. The Hall–Kier alpha value is -1.94. The molecule has 25 heavy (non-hydrogen) atoms. The van der Waals surface area contributed by atoms with Gasteiger partial charge in [-0.1, -0.05) is 60.2 Å². The Labute approximate surface area is 151 Å². The molecule has 3 nitrogen and oxygen atoms in total. The summed E-state index contributed by atoms with van der Waals surface area (Å²) in [5.41, 5.74) is 2.83. The van der Waals surface area contributed by atoms with E-state index in [0.29, 0.717) is 16.5 Å². The fourth-order valence-electron chi connectivity index (χ4n) is 4.29. The molecular formula is C21H19ClO3. The molecule has 4 heteroatoms. The summed E-state index contributed by atoms with van der Waals surface area (Å²) in [5, 5.41) is 9.57. The van der Waals surface area contributed by atoms with Gasteiger partial charge in [0, 0.05) is 22.4 Å². The molecule has 1 fully saturated rings. The van der Waals surface area contributed by atoms with Crippen LogP contribution in [0.1, 0.15) is 16.8 Å². The zero-order chi connectivity index (χ0) is 17.4. The molecule has 1 N–H and O–H groups in total. The predicted octanol–water partition coefficient (Wildman–Crippen LogP) is 5.12. The Balaban J connectivity index is 1.56. The van der Waals surface area contributed by atoms with E-state index in [4.69, 9.17) is 16.9 Å². The first-order valence-electron chi connectivity index (χ1n) is 8.52. The van der Waals surface area contributed by atoms with Crippen molar-refractivity contribution < 1.29 is 14.9 Å². The van der Waals surface area contributed by atoms with Crippen LogP contribution in [0.15, 0.2) is 60.7 Å². The van der Waals surface area contributed by atoms with Crippen LogP contribution >= 0.6 is 11.6 Å². The van der Waals surface area contributed by atoms with Crippen LogP contribution in [0.2, 0.25) is 5.02 Å². The molecule has 2 aromatic rings. The van der Waals surface area contributed by atoms with Gasteiger partial charge in [-0.25, -0.2) is 4.89 Å². The lowest BCUT2D eigenvalue weighted by Crippen LogP contribution is -2.30. The number of allylic oxidation sites excluding steroid dienone is 2. The third-order valence-corrected chi connectivity index (χ3v) is 5.79. The Kier molecular flexibility index (Phi) is 4.46. The molecule has 0 amide bonds. The van der Waals surface area contributed by atoms with Crippen molar-refractivity contribution in [1.82, 2.24) is 0 Å². The lowest BCUT2D eigenvalue weighted by molar-refractivity contribution is -0.253. The van der Waals surface area contributed by atoms with Crippen LogP contribution in [0, 0.1) is 23.7 Å². The van der Waals surface area contributed by atoms with Crippen molar-refractivity contribution in [2.75, 3.05) is 6.61 Å². The minimum absolute atomic E-state index is 0.0587. The van der Waals surface area contributed by atoms with Gasteiger partial charge >= 0.3 is 0 Å². The second-order valence-corrected chi connectivity index (χ2v) is 7.32. The molecule has 2 aromatic carbocycles. The monoisotopic (exact) mass is 354 g/mol. The zero-order valence-electron chi connectivity index (χ0n) is 13.6. The third-order valence-electron chi connectivity index (χ3n) is 5.54. The molecule has 2 bridgehead atoms. The molecule has 4 atom stereocenters. The summed E-state index contributed by atoms with van der Waals surface area (Å²) in [6.07, 6.45) is 5.28. The number of fused-ring (bicyclic) bond motifs is 2. The number of Topliss-reactive ketones (excluding diaryl/α,β-unsaturated/α-hetero) is 1. The van der Waals surface area contributed by atoms with Crippen molar-refractivity contribution in [2.24, 2.45) is 23.7 Å². The minimum Gasteiger partial charge on any atom is -0.294 e. The van der Waals surface area contributed by atoms with Gasteiger partial charge in [0.05, 0.1) is 6.61 Å². The van der Waals surface area contributed by atoms with E-state index in [1.54, 1.807) is 0 Å². The summed E-state index contributed by atoms with van der Waals surface area (Å²) in [5.74, 6) is 0.682. The number of benzene rings is 2. The van der Waals surface area contributed by atoms with Gasteiger partial charge in [-0.15, -0.1) is 0 Å². The number of rotatable bonds is 5. The highest BCUT2D eigenvalue weighted by Crippen LogP contribution is 2.49. The number of halogens is 1. The number of carbonyl (C=O) groups excluding carboxylic acids is 1. The Bertz CT molecular complexity index is 795. The average molecular weight is 355 g/mol. The van der Waals surface area contributed by atoms with Gasteiger partial charge in [0.2, 0.25) is 0 Å². The van der Waals surface area contributed by atoms with E-state index in [0.717, 1.165) is 17.5 Å². The fourth-order valence-corrected chi connectivity index (χ4v) is 4.41. The van der Waals surface area contributed by atoms with Gasteiger partial charge < -0.3 is 0 Å². The van der Waals surface area contributed by atoms with Crippen LogP contribution in [-0.2, 0) is 4.89 Å². The molecule has 1 saturated carbocycles. The molecule has 4 rings (SSSR count). The number of hydrogen-bond donors (Lipinski definition) is 1. The summed E-state index contributed by atoms with van der Waals surface area (Å²) in [4.78, 5) is 17.4. The standard InChI is InChI=1S/C21H19ClO3/c22-18-9-7-14(8-10-18)13-1-3-15(4-2-13)21(23)20-17-6-5-16(11-17)19(20)12-25-24/h1-10,16-17,19-20,24H,11-12H2. The molecule has 0 saturated heterocycles. The summed E-state index contributed by atoms with van der Waals surface area (Å²) in [6, 6.07) is 15.4. The number of carbonyl (C=O) groups is 1. The maximum Gasteiger partial charge on any atom is 0.166 e. The maximum atomic E-state index is 13.0. The SMILES string of the molecule is O=C(c1ccc(-c2ccc(Cl)cc2)cc1)C1C2C=CC(C2)C1COO. The Morgan fingerprint density at radius 1 is 1.00 bits per heavy atom. The van der Waals surface area contributed by atoms with Crippen molar-refractivity contribution in [3.63, 3.8) is 0 Å². The van der Waals surface area contributed by atoms with Crippen LogP contribution in [0.25, 0.3) is 11.1 Å². The van der Waals surface area contributed by atoms with Gasteiger partial charge in [0.15, 0.2) is 5.78 Å². The second kappa shape index (κ2) is 6.75. The highest BCUT2D eigenvalue weighted by atomic mass is 35.5. The van der Waals surface area contributed by atoms with Gasteiger partial charge in [-0.3, -0.25) is 10.1 Å². The van der Waals surface area contributed by atoms with E-state index in [1.807, 2.05) is 48.5 Å². The van der Waals surface area contributed by atoms with E-state index >= 15 is 0 Å². The highest BCUT2D eigenvalue weighted by Gasteiger charge is 2.48. The summed E-state index contributed by atoms with van der Waals surface area (Å²) in [6.45, 7) is 0.213. The quantitative estimate of drug-likeness (QED) is 0.351. The van der Waals surface area contributed by atoms with Crippen molar-refractivity contribution in [3.05, 3.63) is 71.3 Å². The largest absolute Gasteiger partial charge is 0.294 e. The summed E-state index contributed by atoms with van der Waals surface area (Å²) in [7, 11) is 0. The van der Waals surface area contributed by atoms with Crippen molar-refractivity contribution in [1.29, 1.82) is 0 Å². The third kappa shape index (κ3) is 3.04. The average Bonchev–Trinajstić information content (AvgIpc) is 3.24. The van der Waals surface area contributed by atoms with Gasteiger partial charge in [-0.2, -0.15) is 0 Å². The minimum atomic E-state index is -0.108. The topological polar surface area (TPSA) is 46.5 Å². The maximum absolute atomic E-state index is 13.0.